The van der Waals surface area contributed by atoms with Crippen molar-refractivity contribution >= 4 is 5.91 Å². The maximum Gasteiger partial charge on any atom is 0.234 e. The van der Waals surface area contributed by atoms with Gasteiger partial charge in [-0.15, -0.1) is 0 Å². The largest absolute Gasteiger partial charge is 0.494 e. The van der Waals surface area contributed by atoms with Gasteiger partial charge in [0.25, 0.3) is 0 Å². The monoisotopic (exact) mass is 305 g/mol. The third-order valence-corrected chi connectivity index (χ3v) is 3.87. The zero-order valence-corrected chi connectivity index (χ0v) is 13.6. The summed E-state index contributed by atoms with van der Waals surface area (Å²) in [5.41, 5.74) is 1.09. The molecule has 1 aromatic rings. The number of hydrogen-bond acceptors (Lipinski definition) is 4. The van der Waals surface area contributed by atoms with Crippen molar-refractivity contribution < 1.29 is 9.53 Å². The second-order valence-corrected chi connectivity index (χ2v) is 5.79. The Labute approximate surface area is 133 Å². The molecule has 0 unspecified atom stereocenters. The van der Waals surface area contributed by atoms with Crippen LogP contribution in [-0.4, -0.2) is 49.6 Å². The first-order valence-corrected chi connectivity index (χ1v) is 8.12. The standard InChI is InChI=1S/C17H27N3O2/c1-3-10-22-16-6-4-15(5-7-16)12-19-17(21)13-20-9-8-18-11-14(20)2/h4-7,14,18H,3,8-13H2,1-2H3,(H,19,21)/t14-/m1/s1. The molecule has 1 aliphatic heterocycles. The Morgan fingerprint density at radius 3 is 2.86 bits per heavy atom. The molecule has 5 heteroatoms. The van der Waals surface area contributed by atoms with Gasteiger partial charge in [-0.3, -0.25) is 9.69 Å². The lowest BCUT2D eigenvalue weighted by Crippen LogP contribution is -2.52. The van der Waals surface area contributed by atoms with Crippen molar-refractivity contribution in [2.45, 2.75) is 32.9 Å². The topological polar surface area (TPSA) is 53.6 Å². The predicted octanol–water partition coefficient (Wildman–Crippen LogP) is 1.39. The quantitative estimate of drug-likeness (QED) is 0.799. The van der Waals surface area contributed by atoms with Crippen molar-refractivity contribution in [3.05, 3.63) is 29.8 Å². The third-order valence-electron chi connectivity index (χ3n) is 3.87. The normalized spacial score (nSPS) is 18.9. The SMILES string of the molecule is CCCOc1ccc(CNC(=O)CN2CCNC[C@H]2C)cc1. The van der Waals surface area contributed by atoms with Crippen molar-refractivity contribution in [1.82, 2.24) is 15.5 Å². The molecule has 1 saturated heterocycles. The van der Waals surface area contributed by atoms with Crippen LogP contribution in [0.15, 0.2) is 24.3 Å². The van der Waals surface area contributed by atoms with Crippen LogP contribution < -0.4 is 15.4 Å². The average molecular weight is 305 g/mol. The Morgan fingerprint density at radius 2 is 2.18 bits per heavy atom. The maximum atomic E-state index is 12.0. The Kier molecular flexibility index (Phi) is 6.68. The molecule has 5 nitrogen and oxygen atoms in total. The molecule has 0 bridgehead atoms. The molecule has 2 rings (SSSR count). The highest BCUT2D eigenvalue weighted by Gasteiger charge is 2.19. The fourth-order valence-electron chi connectivity index (χ4n) is 2.48. The summed E-state index contributed by atoms with van der Waals surface area (Å²) >= 11 is 0. The van der Waals surface area contributed by atoms with Crippen molar-refractivity contribution in [1.29, 1.82) is 0 Å². The Hall–Kier alpha value is -1.59. The van der Waals surface area contributed by atoms with Crippen LogP contribution in [0.4, 0.5) is 0 Å². The van der Waals surface area contributed by atoms with E-state index in [0.717, 1.165) is 44.0 Å². The Bertz CT molecular complexity index is 461. The van der Waals surface area contributed by atoms with Crippen LogP contribution in [-0.2, 0) is 11.3 Å². The molecule has 122 valence electrons. The summed E-state index contributed by atoms with van der Waals surface area (Å²) in [4.78, 5) is 14.3. The number of nitrogens with one attached hydrogen (secondary N) is 2. The minimum absolute atomic E-state index is 0.0834. The zero-order valence-electron chi connectivity index (χ0n) is 13.6. The molecule has 1 aliphatic rings. The van der Waals surface area contributed by atoms with Crippen molar-refractivity contribution in [2.75, 3.05) is 32.8 Å². The van der Waals surface area contributed by atoms with Gasteiger partial charge in [0, 0.05) is 32.2 Å². The van der Waals surface area contributed by atoms with Crippen LogP contribution in [0.1, 0.15) is 25.8 Å². The van der Waals surface area contributed by atoms with E-state index >= 15 is 0 Å². The predicted molar refractivity (Wildman–Crippen MR) is 88.0 cm³/mol. The van der Waals surface area contributed by atoms with Gasteiger partial charge >= 0.3 is 0 Å². The number of ether oxygens (including phenoxy) is 1. The van der Waals surface area contributed by atoms with E-state index in [1.807, 2.05) is 24.3 Å². The van der Waals surface area contributed by atoms with Gasteiger partial charge in [-0.05, 0) is 31.0 Å². The highest BCUT2D eigenvalue weighted by molar-refractivity contribution is 5.78. The number of carbonyl (C=O) groups is 1. The fourth-order valence-corrected chi connectivity index (χ4v) is 2.48. The van der Waals surface area contributed by atoms with Crippen LogP contribution >= 0.6 is 0 Å². The second kappa shape index (κ2) is 8.76. The molecule has 2 N–H and O–H groups in total. The summed E-state index contributed by atoms with van der Waals surface area (Å²) in [5, 5.41) is 6.32. The lowest BCUT2D eigenvalue weighted by Gasteiger charge is -2.33. The van der Waals surface area contributed by atoms with Gasteiger partial charge in [-0.2, -0.15) is 0 Å². The fraction of sp³-hybridized carbons (Fsp3) is 0.588. The number of hydrogen-bond donors (Lipinski definition) is 2. The second-order valence-electron chi connectivity index (χ2n) is 5.79. The molecule has 1 amide bonds. The Balaban J connectivity index is 1.73. The molecule has 0 aliphatic carbocycles. The van der Waals surface area contributed by atoms with Crippen molar-refractivity contribution in [3.63, 3.8) is 0 Å². The van der Waals surface area contributed by atoms with E-state index in [0.29, 0.717) is 19.1 Å². The molecule has 1 fully saturated rings. The summed E-state index contributed by atoms with van der Waals surface area (Å²) in [5.74, 6) is 0.964. The molecule has 0 radical (unpaired) electrons. The lowest BCUT2D eigenvalue weighted by atomic mass is 10.2. The summed E-state index contributed by atoms with van der Waals surface area (Å²) < 4.78 is 5.55. The molecular weight excluding hydrogens is 278 g/mol. The highest BCUT2D eigenvalue weighted by Crippen LogP contribution is 2.12. The molecule has 1 atom stereocenters. The van der Waals surface area contributed by atoms with Gasteiger partial charge in [0.2, 0.25) is 5.91 Å². The first-order chi connectivity index (χ1) is 10.7. The molecule has 0 saturated carbocycles. The Morgan fingerprint density at radius 1 is 1.41 bits per heavy atom. The van der Waals surface area contributed by atoms with E-state index in [9.17, 15) is 4.79 Å². The van der Waals surface area contributed by atoms with Crippen LogP contribution in [0.5, 0.6) is 5.75 Å². The number of rotatable bonds is 7. The smallest absolute Gasteiger partial charge is 0.234 e. The first kappa shape index (κ1) is 16.8. The van der Waals surface area contributed by atoms with E-state index in [1.54, 1.807) is 0 Å². The molecule has 0 aromatic heterocycles. The van der Waals surface area contributed by atoms with Crippen LogP contribution in [0.2, 0.25) is 0 Å². The summed E-state index contributed by atoms with van der Waals surface area (Å²) in [7, 11) is 0. The van der Waals surface area contributed by atoms with Gasteiger partial charge in [0.1, 0.15) is 5.75 Å². The van der Waals surface area contributed by atoms with Crippen molar-refractivity contribution in [2.24, 2.45) is 0 Å². The molecule has 1 aromatic carbocycles. The number of amides is 1. The highest BCUT2D eigenvalue weighted by atomic mass is 16.5. The van der Waals surface area contributed by atoms with Crippen molar-refractivity contribution in [3.8, 4) is 5.75 Å². The molecule has 22 heavy (non-hydrogen) atoms. The summed E-state index contributed by atoms with van der Waals surface area (Å²) in [6, 6.07) is 8.32. The molecular formula is C17H27N3O2. The number of nitrogens with zero attached hydrogens (tertiary/aromatic N) is 1. The van der Waals surface area contributed by atoms with E-state index in [-0.39, 0.29) is 5.91 Å². The van der Waals surface area contributed by atoms with Gasteiger partial charge < -0.3 is 15.4 Å². The van der Waals surface area contributed by atoms with Gasteiger partial charge in [-0.1, -0.05) is 19.1 Å². The maximum absolute atomic E-state index is 12.0. The van der Waals surface area contributed by atoms with E-state index in [1.165, 1.54) is 0 Å². The zero-order chi connectivity index (χ0) is 15.8. The minimum Gasteiger partial charge on any atom is -0.494 e. The van der Waals surface area contributed by atoms with Crippen LogP contribution in [0, 0.1) is 0 Å². The van der Waals surface area contributed by atoms with Gasteiger partial charge in [0.15, 0.2) is 0 Å². The van der Waals surface area contributed by atoms with Crippen LogP contribution in [0.25, 0.3) is 0 Å². The summed E-state index contributed by atoms with van der Waals surface area (Å²) in [6.45, 7) is 8.84. The molecule has 0 spiro atoms. The van der Waals surface area contributed by atoms with E-state index in [2.05, 4.69) is 29.4 Å². The molecule has 1 heterocycles. The number of carbonyl (C=O) groups excluding carboxylic acids is 1. The number of piperazine rings is 1. The van der Waals surface area contributed by atoms with Crippen LogP contribution in [0.3, 0.4) is 0 Å². The third kappa shape index (κ3) is 5.31. The lowest BCUT2D eigenvalue weighted by molar-refractivity contribution is -0.123. The van der Waals surface area contributed by atoms with Gasteiger partial charge in [0.05, 0.1) is 13.2 Å². The first-order valence-electron chi connectivity index (χ1n) is 8.12. The average Bonchev–Trinajstić information content (AvgIpc) is 2.54. The minimum atomic E-state index is 0.0834. The van der Waals surface area contributed by atoms with E-state index in [4.69, 9.17) is 4.74 Å². The number of benzene rings is 1. The van der Waals surface area contributed by atoms with Gasteiger partial charge in [-0.25, -0.2) is 0 Å². The summed E-state index contributed by atoms with van der Waals surface area (Å²) in [6.07, 6.45) is 1.00. The van der Waals surface area contributed by atoms with E-state index < -0.39 is 0 Å².